The normalized spacial score (nSPS) is 19.9. The van der Waals surface area contributed by atoms with Crippen molar-refractivity contribution < 1.29 is 9.53 Å². The number of ether oxygens (including phenoxy) is 1. The molecule has 2 aromatic rings. The van der Waals surface area contributed by atoms with Crippen LogP contribution in [0.3, 0.4) is 0 Å². The molecular formula is C22H29N3O2. The quantitative estimate of drug-likeness (QED) is 0.751. The van der Waals surface area contributed by atoms with E-state index in [2.05, 4.69) is 22.3 Å². The standard InChI is InChI=1S/C22H29N3O2/c1-2-27-16-18-10-8-17(9-11-18)12-24-22(26)15-25-13-20(21(23)14-25)19-6-4-3-5-7-19/h3-11,20-21H,2,12-16,23H2,1H3,(H,24,26)/t20-,21+/m0/s1. The fourth-order valence-electron chi connectivity index (χ4n) is 3.53. The van der Waals surface area contributed by atoms with Gasteiger partial charge in [0, 0.05) is 38.2 Å². The molecule has 2 atom stereocenters. The van der Waals surface area contributed by atoms with Crippen molar-refractivity contribution in [3.63, 3.8) is 0 Å². The number of likely N-dealkylation sites (tertiary alicyclic amines) is 1. The maximum Gasteiger partial charge on any atom is 0.234 e. The average Bonchev–Trinajstić information content (AvgIpc) is 3.06. The summed E-state index contributed by atoms with van der Waals surface area (Å²) in [7, 11) is 0. The van der Waals surface area contributed by atoms with Crippen molar-refractivity contribution >= 4 is 5.91 Å². The van der Waals surface area contributed by atoms with Crippen LogP contribution in [0.2, 0.25) is 0 Å². The first-order valence-electron chi connectivity index (χ1n) is 9.61. The Kier molecular flexibility index (Phi) is 6.98. The summed E-state index contributed by atoms with van der Waals surface area (Å²) in [5.41, 5.74) is 9.79. The average molecular weight is 367 g/mol. The minimum atomic E-state index is 0.0364. The van der Waals surface area contributed by atoms with E-state index in [4.69, 9.17) is 10.5 Å². The third-order valence-electron chi connectivity index (χ3n) is 5.02. The van der Waals surface area contributed by atoms with Gasteiger partial charge in [0.25, 0.3) is 0 Å². The molecule has 1 aliphatic heterocycles. The number of rotatable bonds is 8. The molecule has 5 nitrogen and oxygen atoms in total. The van der Waals surface area contributed by atoms with Gasteiger partial charge in [0.2, 0.25) is 5.91 Å². The summed E-state index contributed by atoms with van der Waals surface area (Å²) >= 11 is 0. The Balaban J connectivity index is 1.44. The molecule has 0 saturated carbocycles. The lowest BCUT2D eigenvalue weighted by molar-refractivity contribution is -0.122. The monoisotopic (exact) mass is 367 g/mol. The topological polar surface area (TPSA) is 67.6 Å². The van der Waals surface area contributed by atoms with Crippen molar-refractivity contribution in [1.82, 2.24) is 10.2 Å². The van der Waals surface area contributed by atoms with Gasteiger partial charge in [0.1, 0.15) is 0 Å². The van der Waals surface area contributed by atoms with Crippen LogP contribution < -0.4 is 11.1 Å². The van der Waals surface area contributed by atoms with Crippen LogP contribution in [-0.2, 0) is 22.7 Å². The van der Waals surface area contributed by atoms with Crippen LogP contribution in [0, 0.1) is 0 Å². The van der Waals surface area contributed by atoms with Crippen LogP contribution in [0.15, 0.2) is 54.6 Å². The van der Waals surface area contributed by atoms with Crippen LogP contribution in [0.4, 0.5) is 0 Å². The van der Waals surface area contributed by atoms with Crippen LogP contribution in [0.25, 0.3) is 0 Å². The number of nitrogens with zero attached hydrogens (tertiary/aromatic N) is 1. The second-order valence-corrected chi connectivity index (χ2v) is 7.11. The highest BCUT2D eigenvalue weighted by Gasteiger charge is 2.31. The Morgan fingerprint density at radius 3 is 2.52 bits per heavy atom. The Labute approximate surface area is 161 Å². The maximum atomic E-state index is 12.3. The van der Waals surface area contributed by atoms with E-state index in [1.54, 1.807) is 0 Å². The first-order chi connectivity index (χ1) is 13.2. The molecule has 1 saturated heterocycles. The highest BCUT2D eigenvalue weighted by Crippen LogP contribution is 2.25. The van der Waals surface area contributed by atoms with Crippen molar-refractivity contribution in [2.75, 3.05) is 26.2 Å². The summed E-state index contributed by atoms with van der Waals surface area (Å²) < 4.78 is 5.40. The predicted molar refractivity (Wildman–Crippen MR) is 107 cm³/mol. The number of hydrogen-bond donors (Lipinski definition) is 2. The second-order valence-electron chi connectivity index (χ2n) is 7.11. The van der Waals surface area contributed by atoms with E-state index in [-0.39, 0.29) is 17.9 Å². The maximum absolute atomic E-state index is 12.3. The molecule has 3 rings (SSSR count). The first kappa shape index (κ1) is 19.5. The summed E-state index contributed by atoms with van der Waals surface area (Å²) in [6.07, 6.45) is 0. The molecule has 2 aromatic carbocycles. The molecule has 1 aliphatic rings. The molecule has 0 aliphatic carbocycles. The van der Waals surface area contributed by atoms with Gasteiger partial charge in [-0.2, -0.15) is 0 Å². The molecule has 1 amide bonds. The molecule has 0 unspecified atom stereocenters. The highest BCUT2D eigenvalue weighted by atomic mass is 16.5. The smallest absolute Gasteiger partial charge is 0.234 e. The van der Waals surface area contributed by atoms with Crippen molar-refractivity contribution in [2.24, 2.45) is 5.73 Å². The van der Waals surface area contributed by atoms with Crippen molar-refractivity contribution in [3.8, 4) is 0 Å². The number of amides is 1. The second kappa shape index (κ2) is 9.65. The zero-order chi connectivity index (χ0) is 19.1. The predicted octanol–water partition coefficient (Wildman–Crippen LogP) is 2.27. The number of nitrogens with one attached hydrogen (secondary N) is 1. The molecule has 144 valence electrons. The molecule has 0 aromatic heterocycles. The van der Waals surface area contributed by atoms with Crippen LogP contribution >= 0.6 is 0 Å². The zero-order valence-electron chi connectivity index (χ0n) is 15.9. The van der Waals surface area contributed by atoms with Gasteiger partial charge in [-0.3, -0.25) is 9.69 Å². The van der Waals surface area contributed by atoms with E-state index in [0.29, 0.717) is 26.3 Å². The van der Waals surface area contributed by atoms with Gasteiger partial charge in [-0.1, -0.05) is 54.6 Å². The molecule has 0 spiro atoms. The molecule has 0 bridgehead atoms. The van der Waals surface area contributed by atoms with Gasteiger partial charge < -0.3 is 15.8 Å². The van der Waals surface area contributed by atoms with E-state index in [1.165, 1.54) is 5.56 Å². The summed E-state index contributed by atoms with van der Waals surface area (Å²) in [5, 5.41) is 3.01. The lowest BCUT2D eigenvalue weighted by Gasteiger charge is -2.16. The Morgan fingerprint density at radius 1 is 1.11 bits per heavy atom. The number of benzene rings is 2. The molecular weight excluding hydrogens is 338 g/mol. The van der Waals surface area contributed by atoms with Crippen molar-refractivity contribution in [1.29, 1.82) is 0 Å². The molecule has 5 heteroatoms. The number of nitrogens with two attached hydrogens (primary N) is 1. The SMILES string of the molecule is CCOCc1ccc(CNC(=O)CN2C[C@@H](N)[C@H](c3ccccc3)C2)cc1. The zero-order valence-corrected chi connectivity index (χ0v) is 15.9. The largest absolute Gasteiger partial charge is 0.377 e. The lowest BCUT2D eigenvalue weighted by Crippen LogP contribution is -2.37. The number of carbonyl (C=O) groups is 1. The minimum absolute atomic E-state index is 0.0364. The lowest BCUT2D eigenvalue weighted by atomic mass is 9.95. The third-order valence-corrected chi connectivity index (χ3v) is 5.02. The molecule has 27 heavy (non-hydrogen) atoms. The summed E-state index contributed by atoms with van der Waals surface area (Å²) in [4.78, 5) is 14.5. The first-order valence-corrected chi connectivity index (χ1v) is 9.61. The number of carbonyl (C=O) groups excluding carboxylic acids is 1. The van der Waals surface area contributed by atoms with E-state index in [1.807, 2.05) is 49.4 Å². The summed E-state index contributed by atoms with van der Waals surface area (Å²) in [6.45, 7) is 5.82. The van der Waals surface area contributed by atoms with Gasteiger partial charge in [-0.25, -0.2) is 0 Å². The van der Waals surface area contributed by atoms with Gasteiger partial charge >= 0.3 is 0 Å². The Hall–Kier alpha value is -2.21. The van der Waals surface area contributed by atoms with Crippen LogP contribution in [0.1, 0.15) is 29.5 Å². The Bertz CT molecular complexity index is 718. The minimum Gasteiger partial charge on any atom is -0.377 e. The summed E-state index contributed by atoms with van der Waals surface area (Å²) in [6, 6.07) is 18.5. The van der Waals surface area contributed by atoms with Crippen LogP contribution in [0.5, 0.6) is 0 Å². The van der Waals surface area contributed by atoms with Gasteiger partial charge in [0.05, 0.1) is 13.2 Å². The summed E-state index contributed by atoms with van der Waals surface area (Å²) in [5.74, 6) is 0.325. The van der Waals surface area contributed by atoms with E-state index in [0.717, 1.165) is 24.2 Å². The van der Waals surface area contributed by atoms with Crippen molar-refractivity contribution in [3.05, 3.63) is 71.3 Å². The third kappa shape index (κ3) is 5.63. The number of hydrogen-bond acceptors (Lipinski definition) is 4. The van der Waals surface area contributed by atoms with Gasteiger partial charge in [-0.15, -0.1) is 0 Å². The van der Waals surface area contributed by atoms with E-state index in [9.17, 15) is 4.79 Å². The molecule has 1 heterocycles. The van der Waals surface area contributed by atoms with Crippen molar-refractivity contribution in [2.45, 2.75) is 32.0 Å². The fraction of sp³-hybridized carbons (Fsp3) is 0.409. The van der Waals surface area contributed by atoms with Gasteiger partial charge in [-0.05, 0) is 23.6 Å². The van der Waals surface area contributed by atoms with E-state index < -0.39 is 0 Å². The highest BCUT2D eigenvalue weighted by molar-refractivity contribution is 5.78. The Morgan fingerprint density at radius 2 is 1.81 bits per heavy atom. The molecule has 0 radical (unpaired) electrons. The molecule has 1 fully saturated rings. The van der Waals surface area contributed by atoms with E-state index >= 15 is 0 Å². The van der Waals surface area contributed by atoms with Crippen LogP contribution in [-0.4, -0.2) is 43.1 Å². The fourth-order valence-corrected chi connectivity index (χ4v) is 3.53. The van der Waals surface area contributed by atoms with Gasteiger partial charge in [0.15, 0.2) is 0 Å². The molecule has 3 N–H and O–H groups in total.